The largest absolute Gasteiger partial charge is 0.497 e. The van der Waals surface area contributed by atoms with Crippen molar-refractivity contribution in [2.24, 2.45) is 5.92 Å². The fourth-order valence-electron chi connectivity index (χ4n) is 2.97. The second-order valence-corrected chi connectivity index (χ2v) is 9.46. The molecule has 1 saturated heterocycles. The van der Waals surface area contributed by atoms with Crippen LogP contribution in [-0.4, -0.2) is 32.2 Å². The molecule has 0 saturated carbocycles. The van der Waals surface area contributed by atoms with E-state index in [4.69, 9.17) is 4.74 Å². The van der Waals surface area contributed by atoms with Crippen LogP contribution in [0.2, 0.25) is 0 Å². The Labute approximate surface area is 153 Å². The number of benzene rings is 1. The van der Waals surface area contributed by atoms with Gasteiger partial charge in [0.15, 0.2) is 0 Å². The molecule has 130 valence electrons. The summed E-state index contributed by atoms with van der Waals surface area (Å²) in [5, 5.41) is 0. The SMILES string of the molecule is CCC1CSC(CCc2ccc(OC)cc2)(Cn2ccnc2)SC1. The average molecular weight is 363 g/mol. The first-order chi connectivity index (χ1) is 11.7. The van der Waals surface area contributed by atoms with Crippen LogP contribution in [-0.2, 0) is 13.0 Å². The van der Waals surface area contributed by atoms with Crippen LogP contribution in [0.25, 0.3) is 0 Å². The second kappa shape index (κ2) is 8.34. The van der Waals surface area contributed by atoms with Gasteiger partial charge in [-0.2, -0.15) is 0 Å². The Morgan fingerprint density at radius 2 is 2.00 bits per heavy atom. The molecule has 24 heavy (non-hydrogen) atoms. The Balaban J connectivity index is 1.67. The standard InChI is InChI=1S/C19H26N2OS2/c1-3-16-12-23-19(24-13-16,14-21-11-10-20-15-21)9-8-17-4-6-18(22-2)7-5-17/h4-7,10-11,15-16H,3,8-9,12-14H2,1-2H3. The molecule has 1 aromatic carbocycles. The van der Waals surface area contributed by atoms with E-state index in [9.17, 15) is 0 Å². The number of hydrogen-bond acceptors (Lipinski definition) is 4. The Kier molecular flexibility index (Phi) is 6.17. The maximum absolute atomic E-state index is 5.26. The Bertz CT molecular complexity index is 605. The van der Waals surface area contributed by atoms with E-state index in [-0.39, 0.29) is 4.08 Å². The van der Waals surface area contributed by atoms with Gasteiger partial charge in [0.25, 0.3) is 0 Å². The van der Waals surface area contributed by atoms with Crippen LogP contribution in [0.5, 0.6) is 5.75 Å². The first-order valence-corrected chi connectivity index (χ1v) is 10.6. The summed E-state index contributed by atoms with van der Waals surface area (Å²) in [6, 6.07) is 8.51. The molecule has 1 fully saturated rings. The lowest BCUT2D eigenvalue weighted by Gasteiger charge is -2.39. The smallest absolute Gasteiger partial charge is 0.118 e. The highest BCUT2D eigenvalue weighted by molar-refractivity contribution is 8.18. The molecule has 1 aliphatic rings. The molecule has 2 aromatic rings. The summed E-state index contributed by atoms with van der Waals surface area (Å²) >= 11 is 4.32. The van der Waals surface area contributed by atoms with Gasteiger partial charge < -0.3 is 9.30 Å². The van der Waals surface area contributed by atoms with E-state index in [2.05, 4.69) is 70.5 Å². The van der Waals surface area contributed by atoms with Crippen molar-refractivity contribution in [3.05, 3.63) is 48.5 Å². The monoisotopic (exact) mass is 362 g/mol. The third-order valence-electron chi connectivity index (χ3n) is 4.68. The third-order valence-corrected chi connectivity index (χ3v) is 8.38. The van der Waals surface area contributed by atoms with Gasteiger partial charge in [-0.15, -0.1) is 23.5 Å². The quantitative estimate of drug-likeness (QED) is 0.712. The van der Waals surface area contributed by atoms with Crippen LogP contribution in [0.4, 0.5) is 0 Å². The van der Waals surface area contributed by atoms with Gasteiger partial charge in [0.2, 0.25) is 0 Å². The average Bonchev–Trinajstić information content (AvgIpc) is 3.14. The maximum atomic E-state index is 5.26. The fraction of sp³-hybridized carbons (Fsp3) is 0.526. The van der Waals surface area contributed by atoms with Gasteiger partial charge in [-0.25, -0.2) is 4.98 Å². The van der Waals surface area contributed by atoms with E-state index in [1.165, 1.54) is 29.9 Å². The van der Waals surface area contributed by atoms with Crippen LogP contribution < -0.4 is 4.74 Å². The first-order valence-electron chi connectivity index (χ1n) is 8.59. The highest BCUT2D eigenvalue weighted by Crippen LogP contribution is 2.48. The number of hydrogen-bond donors (Lipinski definition) is 0. The van der Waals surface area contributed by atoms with Crippen molar-refractivity contribution in [1.29, 1.82) is 0 Å². The van der Waals surface area contributed by atoms with Gasteiger partial charge >= 0.3 is 0 Å². The van der Waals surface area contributed by atoms with Crippen LogP contribution in [0.1, 0.15) is 25.3 Å². The summed E-state index contributed by atoms with van der Waals surface area (Å²) in [6.45, 7) is 3.35. The zero-order valence-corrected chi connectivity index (χ0v) is 16.1. The van der Waals surface area contributed by atoms with Crippen molar-refractivity contribution in [1.82, 2.24) is 9.55 Å². The highest BCUT2D eigenvalue weighted by atomic mass is 32.2. The molecule has 0 N–H and O–H groups in total. The predicted octanol–water partition coefficient (Wildman–Crippen LogP) is 4.73. The fourth-order valence-corrected chi connectivity index (χ4v) is 6.62. The van der Waals surface area contributed by atoms with E-state index >= 15 is 0 Å². The number of aromatic nitrogens is 2. The van der Waals surface area contributed by atoms with E-state index < -0.39 is 0 Å². The summed E-state index contributed by atoms with van der Waals surface area (Å²) in [6.07, 6.45) is 9.49. The highest BCUT2D eigenvalue weighted by Gasteiger charge is 2.36. The molecule has 0 radical (unpaired) electrons. The summed E-state index contributed by atoms with van der Waals surface area (Å²) in [5.74, 6) is 4.35. The van der Waals surface area contributed by atoms with Crippen molar-refractivity contribution < 1.29 is 4.74 Å². The van der Waals surface area contributed by atoms with Crippen LogP contribution >= 0.6 is 23.5 Å². The summed E-state index contributed by atoms with van der Waals surface area (Å²) < 4.78 is 7.75. The molecule has 0 bridgehead atoms. The third kappa shape index (κ3) is 4.51. The molecule has 0 spiro atoms. The zero-order valence-electron chi connectivity index (χ0n) is 14.5. The van der Waals surface area contributed by atoms with Crippen LogP contribution in [0.3, 0.4) is 0 Å². The second-order valence-electron chi connectivity index (χ2n) is 6.39. The van der Waals surface area contributed by atoms with Crippen molar-refractivity contribution in [2.75, 3.05) is 18.6 Å². The van der Waals surface area contributed by atoms with Crippen molar-refractivity contribution in [3.63, 3.8) is 0 Å². The van der Waals surface area contributed by atoms with Crippen molar-refractivity contribution in [3.8, 4) is 5.75 Å². The molecule has 1 aromatic heterocycles. The van der Waals surface area contributed by atoms with Gasteiger partial charge in [0, 0.05) is 18.9 Å². The van der Waals surface area contributed by atoms with Crippen LogP contribution in [0, 0.1) is 5.92 Å². The summed E-state index contributed by atoms with van der Waals surface area (Å²) in [4.78, 5) is 4.22. The van der Waals surface area contributed by atoms with E-state index in [0.29, 0.717) is 0 Å². The predicted molar refractivity (Wildman–Crippen MR) is 105 cm³/mol. The van der Waals surface area contributed by atoms with E-state index in [1.807, 2.05) is 12.5 Å². The molecule has 2 heterocycles. The number of nitrogens with zero attached hydrogens (tertiary/aromatic N) is 2. The van der Waals surface area contributed by atoms with E-state index in [0.717, 1.165) is 24.6 Å². The topological polar surface area (TPSA) is 27.1 Å². The molecule has 0 atom stereocenters. The number of ether oxygens (including phenoxy) is 1. The van der Waals surface area contributed by atoms with Gasteiger partial charge in [-0.3, -0.25) is 0 Å². The van der Waals surface area contributed by atoms with Crippen LogP contribution in [0.15, 0.2) is 43.0 Å². The maximum Gasteiger partial charge on any atom is 0.118 e. The Morgan fingerprint density at radius 3 is 2.58 bits per heavy atom. The summed E-state index contributed by atoms with van der Waals surface area (Å²) in [5.41, 5.74) is 1.39. The minimum absolute atomic E-state index is 0.256. The molecule has 0 aliphatic carbocycles. The minimum Gasteiger partial charge on any atom is -0.497 e. The minimum atomic E-state index is 0.256. The molecular formula is C19H26N2OS2. The van der Waals surface area contributed by atoms with Gasteiger partial charge in [0.05, 0.1) is 17.5 Å². The molecule has 0 unspecified atom stereocenters. The molecule has 5 heteroatoms. The zero-order chi connectivity index (χ0) is 16.8. The Hall–Kier alpha value is -1.07. The number of aryl methyl sites for hydroxylation is 1. The summed E-state index contributed by atoms with van der Waals surface area (Å²) in [7, 11) is 1.72. The molecule has 0 amide bonds. The van der Waals surface area contributed by atoms with Crippen molar-refractivity contribution >= 4 is 23.5 Å². The van der Waals surface area contributed by atoms with Gasteiger partial charge in [0.1, 0.15) is 5.75 Å². The number of imidazole rings is 1. The van der Waals surface area contributed by atoms with Gasteiger partial charge in [-0.05, 0) is 48.0 Å². The first kappa shape index (κ1) is 17.7. The number of thioether (sulfide) groups is 2. The molecular weight excluding hydrogens is 336 g/mol. The normalized spacial score (nSPS) is 24.0. The molecule has 3 nitrogen and oxygen atoms in total. The lowest BCUT2D eigenvalue weighted by atomic mass is 10.1. The Morgan fingerprint density at radius 1 is 1.25 bits per heavy atom. The molecule has 3 rings (SSSR count). The number of methoxy groups -OCH3 is 1. The lowest BCUT2D eigenvalue weighted by molar-refractivity contribution is 0.414. The van der Waals surface area contributed by atoms with Crippen molar-refractivity contribution in [2.45, 2.75) is 36.8 Å². The lowest BCUT2D eigenvalue weighted by Crippen LogP contribution is -2.34. The molecule has 1 aliphatic heterocycles. The number of rotatable bonds is 7. The van der Waals surface area contributed by atoms with Gasteiger partial charge in [-0.1, -0.05) is 25.5 Å². The van der Waals surface area contributed by atoms with E-state index in [1.54, 1.807) is 7.11 Å².